The highest BCUT2D eigenvalue weighted by molar-refractivity contribution is 5.94. The lowest BCUT2D eigenvalue weighted by Crippen LogP contribution is -2.24. The van der Waals surface area contributed by atoms with E-state index in [1.54, 1.807) is 18.2 Å². The molecule has 0 atom stereocenters. The number of para-hydroxylation sites is 1. The maximum Gasteiger partial charge on any atom is 0.251 e. The van der Waals surface area contributed by atoms with Crippen molar-refractivity contribution in [3.8, 4) is 0 Å². The van der Waals surface area contributed by atoms with Gasteiger partial charge in [0.15, 0.2) is 0 Å². The average Bonchev–Trinajstić information content (AvgIpc) is 2.69. The number of unbranched alkanes of at least 4 members (excludes halogenated alkanes) is 3. The molecule has 0 heterocycles. The van der Waals surface area contributed by atoms with Gasteiger partial charge in [-0.2, -0.15) is 0 Å². The highest BCUT2D eigenvalue weighted by Crippen LogP contribution is 2.24. The summed E-state index contributed by atoms with van der Waals surface area (Å²) in [6.07, 6.45) is 4.00. The van der Waals surface area contributed by atoms with Crippen LogP contribution in [0, 0.1) is 6.92 Å². The van der Waals surface area contributed by atoms with Gasteiger partial charge in [0.2, 0.25) is 5.91 Å². The van der Waals surface area contributed by atoms with E-state index in [1.807, 2.05) is 37.3 Å². The smallest absolute Gasteiger partial charge is 0.251 e. The van der Waals surface area contributed by atoms with Crippen molar-refractivity contribution >= 4 is 23.2 Å². The van der Waals surface area contributed by atoms with Crippen LogP contribution >= 0.6 is 0 Å². The Morgan fingerprint density at radius 1 is 0.964 bits per heavy atom. The van der Waals surface area contributed by atoms with Gasteiger partial charge in [-0.15, -0.1) is 5.11 Å². The van der Waals surface area contributed by atoms with E-state index in [4.69, 9.17) is 5.84 Å². The van der Waals surface area contributed by atoms with Gasteiger partial charge in [-0.05, 0) is 44.0 Å². The van der Waals surface area contributed by atoms with Gasteiger partial charge in [0.25, 0.3) is 5.91 Å². The van der Waals surface area contributed by atoms with Crippen LogP contribution in [0.25, 0.3) is 0 Å². The van der Waals surface area contributed by atoms with Crippen LogP contribution in [0.2, 0.25) is 0 Å². The Balaban J connectivity index is 1.58. The van der Waals surface area contributed by atoms with E-state index in [-0.39, 0.29) is 11.8 Å². The molecule has 0 bridgehead atoms. The lowest BCUT2D eigenvalue weighted by atomic mass is 10.1. The van der Waals surface area contributed by atoms with Gasteiger partial charge in [0, 0.05) is 18.5 Å². The van der Waals surface area contributed by atoms with Crippen LogP contribution in [0.5, 0.6) is 0 Å². The number of anilines is 1. The van der Waals surface area contributed by atoms with Crippen molar-refractivity contribution in [3.63, 3.8) is 0 Å². The highest BCUT2D eigenvalue weighted by atomic mass is 16.2. The van der Waals surface area contributed by atoms with Crippen molar-refractivity contribution in [1.82, 2.24) is 5.32 Å². The fourth-order valence-electron chi connectivity index (χ4n) is 2.71. The van der Waals surface area contributed by atoms with E-state index in [9.17, 15) is 9.59 Å². The second kappa shape index (κ2) is 11.5. The summed E-state index contributed by atoms with van der Waals surface area (Å²) in [5, 5.41) is 12.8. The van der Waals surface area contributed by atoms with E-state index >= 15 is 0 Å². The van der Waals surface area contributed by atoms with Gasteiger partial charge in [0.05, 0.1) is 5.69 Å². The summed E-state index contributed by atoms with van der Waals surface area (Å²) in [6, 6.07) is 14.6. The second-order valence-electron chi connectivity index (χ2n) is 6.57. The number of hydrogen-bond acceptors (Lipinski definition) is 4. The number of hydrogen-bond donors (Lipinski definition) is 3. The molecule has 7 heteroatoms. The number of carbonyl (C=O) groups excluding carboxylic acids is 2. The molecule has 0 radical (unpaired) electrons. The van der Waals surface area contributed by atoms with Crippen molar-refractivity contribution in [1.29, 1.82) is 0 Å². The number of amides is 2. The highest BCUT2D eigenvalue weighted by Gasteiger charge is 2.07. The average molecular weight is 381 g/mol. The van der Waals surface area contributed by atoms with Gasteiger partial charge >= 0.3 is 0 Å². The molecule has 7 nitrogen and oxygen atoms in total. The van der Waals surface area contributed by atoms with Crippen molar-refractivity contribution in [3.05, 3.63) is 59.7 Å². The van der Waals surface area contributed by atoms with E-state index in [0.717, 1.165) is 31.2 Å². The molecule has 0 aliphatic heterocycles. The Morgan fingerprint density at radius 3 is 2.43 bits per heavy atom. The summed E-state index contributed by atoms with van der Waals surface area (Å²) in [5.74, 6) is 4.96. The SMILES string of the molecule is Cc1ccc(C(=O)NCCCCCCC(=O)Nc2ccccc2N=NN)cc1. The predicted molar refractivity (Wildman–Crippen MR) is 110 cm³/mol. The molecule has 0 aliphatic carbocycles. The van der Waals surface area contributed by atoms with Crippen molar-refractivity contribution in [2.24, 2.45) is 16.2 Å². The molecule has 2 amide bonds. The van der Waals surface area contributed by atoms with E-state index < -0.39 is 0 Å². The molecule has 0 spiro atoms. The summed E-state index contributed by atoms with van der Waals surface area (Å²) >= 11 is 0. The zero-order chi connectivity index (χ0) is 20.2. The zero-order valence-corrected chi connectivity index (χ0v) is 16.1. The number of nitrogens with one attached hydrogen (secondary N) is 2. The summed E-state index contributed by atoms with van der Waals surface area (Å²) in [4.78, 5) is 24.1. The van der Waals surface area contributed by atoms with Crippen LogP contribution in [-0.4, -0.2) is 18.4 Å². The lowest BCUT2D eigenvalue weighted by Gasteiger charge is -2.08. The number of nitrogens with zero attached hydrogens (tertiary/aromatic N) is 2. The molecule has 148 valence electrons. The van der Waals surface area contributed by atoms with E-state index in [0.29, 0.717) is 29.9 Å². The topological polar surface area (TPSA) is 109 Å². The molecule has 4 N–H and O–H groups in total. The summed E-state index contributed by atoms with van der Waals surface area (Å²) in [6.45, 7) is 2.63. The quantitative estimate of drug-likeness (QED) is 0.247. The standard InChI is InChI=1S/C21H27N5O2/c1-16-11-13-17(14-12-16)21(28)23-15-7-3-2-4-10-20(27)24-18-8-5-6-9-19(18)25-26-22/h5-6,8-9,11-14H,2-4,7,10,15H2,1H3,(H2,22,25)(H,23,28)(H,24,27). The maximum absolute atomic E-state index is 12.1. The Bertz CT molecular complexity index is 803. The number of carbonyl (C=O) groups is 2. The fourth-order valence-corrected chi connectivity index (χ4v) is 2.71. The molecule has 0 saturated carbocycles. The van der Waals surface area contributed by atoms with E-state index in [1.165, 1.54) is 0 Å². The number of benzene rings is 2. The molecule has 28 heavy (non-hydrogen) atoms. The van der Waals surface area contributed by atoms with Crippen LogP contribution in [0.1, 0.15) is 48.0 Å². The molecule has 2 aromatic carbocycles. The maximum atomic E-state index is 12.1. The van der Waals surface area contributed by atoms with Crippen LogP contribution in [-0.2, 0) is 4.79 Å². The largest absolute Gasteiger partial charge is 0.352 e. The Labute approximate surface area is 165 Å². The van der Waals surface area contributed by atoms with Crippen LogP contribution in [0.4, 0.5) is 11.4 Å². The van der Waals surface area contributed by atoms with Gasteiger partial charge in [0.1, 0.15) is 5.69 Å². The monoisotopic (exact) mass is 381 g/mol. The third-order valence-electron chi connectivity index (χ3n) is 4.27. The molecule has 0 saturated heterocycles. The third-order valence-corrected chi connectivity index (χ3v) is 4.27. The first kappa shape index (κ1) is 21.1. The third kappa shape index (κ3) is 7.19. The number of aryl methyl sites for hydroxylation is 1. The normalized spacial score (nSPS) is 10.8. The van der Waals surface area contributed by atoms with Crippen LogP contribution < -0.4 is 16.5 Å². The predicted octanol–water partition coefficient (Wildman–Crippen LogP) is 4.27. The minimum atomic E-state index is -0.0626. The number of rotatable bonds is 10. The molecule has 0 fully saturated rings. The minimum Gasteiger partial charge on any atom is -0.352 e. The molecule has 2 rings (SSSR count). The molecular weight excluding hydrogens is 354 g/mol. The molecule has 2 aromatic rings. The Morgan fingerprint density at radius 2 is 1.68 bits per heavy atom. The Hall–Kier alpha value is -3.22. The van der Waals surface area contributed by atoms with Crippen molar-refractivity contribution in [2.45, 2.75) is 39.0 Å². The first-order valence-electron chi connectivity index (χ1n) is 9.45. The second-order valence-corrected chi connectivity index (χ2v) is 6.57. The summed E-state index contributed by atoms with van der Waals surface area (Å²) < 4.78 is 0. The first-order chi connectivity index (χ1) is 13.6. The van der Waals surface area contributed by atoms with Gasteiger partial charge < -0.3 is 16.5 Å². The summed E-state index contributed by atoms with van der Waals surface area (Å²) in [7, 11) is 0. The number of nitrogens with two attached hydrogens (primary N) is 1. The molecule has 0 aromatic heterocycles. The van der Waals surface area contributed by atoms with E-state index in [2.05, 4.69) is 21.0 Å². The zero-order valence-electron chi connectivity index (χ0n) is 16.1. The molecule has 0 unspecified atom stereocenters. The fraction of sp³-hybridized carbons (Fsp3) is 0.333. The van der Waals surface area contributed by atoms with Gasteiger partial charge in [-0.3, -0.25) is 9.59 Å². The summed E-state index contributed by atoms with van der Waals surface area (Å²) in [5.41, 5.74) is 2.94. The van der Waals surface area contributed by atoms with Crippen LogP contribution in [0.15, 0.2) is 58.9 Å². The lowest BCUT2D eigenvalue weighted by molar-refractivity contribution is -0.116. The molecular formula is C21H27N5O2. The minimum absolute atomic E-state index is 0.0485. The van der Waals surface area contributed by atoms with Gasteiger partial charge in [-0.1, -0.05) is 47.9 Å². The van der Waals surface area contributed by atoms with Crippen molar-refractivity contribution < 1.29 is 9.59 Å². The first-order valence-corrected chi connectivity index (χ1v) is 9.45. The van der Waals surface area contributed by atoms with Crippen LogP contribution in [0.3, 0.4) is 0 Å². The van der Waals surface area contributed by atoms with Gasteiger partial charge in [-0.25, -0.2) is 0 Å². The Kier molecular flexibility index (Phi) is 8.65. The molecule has 0 aliphatic rings. The van der Waals surface area contributed by atoms with Crippen molar-refractivity contribution in [2.75, 3.05) is 11.9 Å².